The van der Waals surface area contributed by atoms with Crippen LogP contribution in [0.4, 0.5) is 5.69 Å². The first-order valence-electron chi connectivity index (χ1n) is 7.61. The minimum atomic E-state index is 0. The maximum absolute atomic E-state index is 6.09. The molecule has 23 heavy (non-hydrogen) atoms. The standard InChI is InChI=1S/C18H21ClN2.2ClH/c19-15-7-4-6-14(12-15)13-18-17(10-5-11-20-18)21-16-8-2-1-3-9-16;;/h1-4,6-9,12,17-18,20-21H,5,10-11,13H2;2*1H/t17-,18-;;/m0../s1. The highest BCUT2D eigenvalue weighted by atomic mass is 35.5. The van der Waals surface area contributed by atoms with Gasteiger partial charge in [0.25, 0.3) is 0 Å². The van der Waals surface area contributed by atoms with Gasteiger partial charge in [-0.25, -0.2) is 0 Å². The molecule has 2 atom stereocenters. The number of benzene rings is 2. The van der Waals surface area contributed by atoms with E-state index in [1.54, 1.807) is 0 Å². The minimum Gasteiger partial charge on any atom is -0.381 e. The van der Waals surface area contributed by atoms with E-state index in [0.29, 0.717) is 12.1 Å². The van der Waals surface area contributed by atoms with Gasteiger partial charge in [0, 0.05) is 22.8 Å². The van der Waals surface area contributed by atoms with E-state index in [0.717, 1.165) is 18.0 Å². The fraction of sp³-hybridized carbons (Fsp3) is 0.333. The molecule has 0 bridgehead atoms. The lowest BCUT2D eigenvalue weighted by molar-refractivity contribution is 0.366. The largest absolute Gasteiger partial charge is 0.381 e. The lowest BCUT2D eigenvalue weighted by atomic mass is 9.92. The number of nitrogens with one attached hydrogen (secondary N) is 2. The molecule has 3 rings (SSSR count). The highest BCUT2D eigenvalue weighted by Gasteiger charge is 2.24. The van der Waals surface area contributed by atoms with Crippen molar-refractivity contribution in [2.75, 3.05) is 11.9 Å². The maximum Gasteiger partial charge on any atom is 0.0418 e. The van der Waals surface area contributed by atoms with Crippen LogP contribution >= 0.6 is 36.4 Å². The van der Waals surface area contributed by atoms with Gasteiger partial charge in [-0.15, -0.1) is 24.8 Å². The molecule has 1 fully saturated rings. The molecule has 2 N–H and O–H groups in total. The van der Waals surface area contributed by atoms with Crippen LogP contribution in [0, 0.1) is 0 Å². The van der Waals surface area contributed by atoms with Crippen molar-refractivity contribution in [3.63, 3.8) is 0 Å². The zero-order chi connectivity index (χ0) is 14.5. The van der Waals surface area contributed by atoms with Gasteiger partial charge in [0.15, 0.2) is 0 Å². The number of para-hydroxylation sites is 1. The van der Waals surface area contributed by atoms with Gasteiger partial charge in [0.05, 0.1) is 0 Å². The molecule has 1 aliphatic rings. The van der Waals surface area contributed by atoms with Crippen molar-refractivity contribution in [2.45, 2.75) is 31.3 Å². The SMILES string of the molecule is Cl.Cl.Clc1cccc(C[C@@H]2NCCC[C@@H]2Nc2ccccc2)c1. The zero-order valence-electron chi connectivity index (χ0n) is 12.9. The average Bonchev–Trinajstić information content (AvgIpc) is 2.50. The summed E-state index contributed by atoms with van der Waals surface area (Å²) in [4.78, 5) is 0. The van der Waals surface area contributed by atoms with Crippen LogP contribution in [0.15, 0.2) is 54.6 Å². The molecule has 0 aromatic heterocycles. The third kappa shape index (κ3) is 5.89. The van der Waals surface area contributed by atoms with Crippen molar-refractivity contribution in [1.29, 1.82) is 0 Å². The molecule has 2 aromatic carbocycles. The first kappa shape index (κ1) is 20.1. The Labute approximate surface area is 155 Å². The summed E-state index contributed by atoms with van der Waals surface area (Å²) < 4.78 is 0. The van der Waals surface area contributed by atoms with Crippen LogP contribution in [0.5, 0.6) is 0 Å². The number of rotatable bonds is 4. The summed E-state index contributed by atoms with van der Waals surface area (Å²) in [6, 6.07) is 19.5. The molecule has 1 heterocycles. The lowest BCUT2D eigenvalue weighted by Gasteiger charge is -2.34. The Hall–Kier alpha value is -0.930. The Balaban J connectivity index is 0.00000132. The summed E-state index contributed by atoms with van der Waals surface area (Å²) >= 11 is 6.09. The van der Waals surface area contributed by atoms with Crippen LogP contribution in [0.2, 0.25) is 5.02 Å². The molecule has 126 valence electrons. The molecule has 0 saturated carbocycles. The molecular formula is C18H23Cl3N2. The number of piperidine rings is 1. The van der Waals surface area contributed by atoms with Crippen LogP contribution in [0.25, 0.3) is 0 Å². The average molecular weight is 374 g/mol. The summed E-state index contributed by atoms with van der Waals surface area (Å²) in [7, 11) is 0. The van der Waals surface area contributed by atoms with Crippen molar-refractivity contribution in [3.05, 3.63) is 65.2 Å². The Morgan fingerprint density at radius 2 is 1.83 bits per heavy atom. The molecule has 0 unspecified atom stereocenters. The fourth-order valence-corrected chi connectivity index (χ4v) is 3.22. The molecule has 0 radical (unpaired) electrons. The van der Waals surface area contributed by atoms with E-state index in [1.165, 1.54) is 24.1 Å². The van der Waals surface area contributed by atoms with Crippen LogP contribution in [-0.2, 0) is 6.42 Å². The van der Waals surface area contributed by atoms with Crippen LogP contribution in [-0.4, -0.2) is 18.6 Å². The van der Waals surface area contributed by atoms with E-state index in [1.807, 2.05) is 18.2 Å². The molecule has 5 heteroatoms. The summed E-state index contributed by atoms with van der Waals surface area (Å²) in [6.45, 7) is 1.10. The van der Waals surface area contributed by atoms with Gasteiger partial charge in [-0.3, -0.25) is 0 Å². The monoisotopic (exact) mass is 372 g/mol. The Morgan fingerprint density at radius 1 is 1.04 bits per heavy atom. The second-order valence-electron chi connectivity index (χ2n) is 5.65. The minimum absolute atomic E-state index is 0. The number of anilines is 1. The van der Waals surface area contributed by atoms with E-state index in [-0.39, 0.29) is 24.8 Å². The smallest absolute Gasteiger partial charge is 0.0418 e. The third-order valence-corrected chi connectivity index (χ3v) is 4.29. The second kappa shape index (κ2) is 10.0. The van der Waals surface area contributed by atoms with Crippen molar-refractivity contribution < 1.29 is 0 Å². The van der Waals surface area contributed by atoms with E-state index in [4.69, 9.17) is 11.6 Å². The highest BCUT2D eigenvalue weighted by molar-refractivity contribution is 6.30. The lowest BCUT2D eigenvalue weighted by Crippen LogP contribution is -2.49. The van der Waals surface area contributed by atoms with Gasteiger partial charge in [-0.2, -0.15) is 0 Å². The Bertz CT molecular complexity index is 577. The van der Waals surface area contributed by atoms with E-state index < -0.39 is 0 Å². The normalized spacial score (nSPS) is 20.0. The quantitative estimate of drug-likeness (QED) is 0.791. The maximum atomic E-state index is 6.09. The molecule has 1 saturated heterocycles. The van der Waals surface area contributed by atoms with Crippen molar-refractivity contribution >= 4 is 42.1 Å². The first-order valence-corrected chi connectivity index (χ1v) is 7.98. The predicted octanol–water partition coefficient (Wildman–Crippen LogP) is 4.96. The fourth-order valence-electron chi connectivity index (χ4n) is 3.01. The van der Waals surface area contributed by atoms with Crippen LogP contribution < -0.4 is 10.6 Å². The molecule has 0 spiro atoms. The molecule has 0 amide bonds. The molecule has 1 aliphatic heterocycles. The van der Waals surface area contributed by atoms with E-state index in [9.17, 15) is 0 Å². The Morgan fingerprint density at radius 3 is 2.57 bits per heavy atom. The van der Waals surface area contributed by atoms with E-state index in [2.05, 4.69) is 47.0 Å². The summed E-state index contributed by atoms with van der Waals surface area (Å²) in [5.41, 5.74) is 2.49. The zero-order valence-corrected chi connectivity index (χ0v) is 15.3. The van der Waals surface area contributed by atoms with Gasteiger partial charge in [0.1, 0.15) is 0 Å². The Kier molecular flexibility index (Phi) is 8.78. The summed E-state index contributed by atoms with van der Waals surface area (Å²) in [6.07, 6.45) is 3.43. The molecule has 2 aromatic rings. The number of halogens is 3. The van der Waals surface area contributed by atoms with Gasteiger partial charge in [0.2, 0.25) is 0 Å². The number of hydrogen-bond donors (Lipinski definition) is 2. The summed E-state index contributed by atoms with van der Waals surface area (Å²) in [5, 5.41) is 8.14. The summed E-state index contributed by atoms with van der Waals surface area (Å²) in [5.74, 6) is 0. The van der Waals surface area contributed by atoms with Gasteiger partial charge < -0.3 is 10.6 Å². The second-order valence-corrected chi connectivity index (χ2v) is 6.09. The van der Waals surface area contributed by atoms with E-state index >= 15 is 0 Å². The topological polar surface area (TPSA) is 24.1 Å². The van der Waals surface area contributed by atoms with Gasteiger partial charge in [-0.1, -0.05) is 41.9 Å². The highest BCUT2D eigenvalue weighted by Crippen LogP contribution is 2.20. The van der Waals surface area contributed by atoms with Gasteiger partial charge in [-0.05, 0) is 55.6 Å². The van der Waals surface area contributed by atoms with Crippen LogP contribution in [0.1, 0.15) is 18.4 Å². The third-order valence-electron chi connectivity index (χ3n) is 4.05. The predicted molar refractivity (Wildman–Crippen MR) is 105 cm³/mol. The van der Waals surface area contributed by atoms with Crippen molar-refractivity contribution in [3.8, 4) is 0 Å². The molecule has 0 aliphatic carbocycles. The first-order chi connectivity index (χ1) is 10.3. The van der Waals surface area contributed by atoms with Crippen molar-refractivity contribution in [1.82, 2.24) is 5.32 Å². The van der Waals surface area contributed by atoms with Crippen molar-refractivity contribution in [2.24, 2.45) is 0 Å². The molecule has 2 nitrogen and oxygen atoms in total. The molecular weight excluding hydrogens is 351 g/mol. The van der Waals surface area contributed by atoms with Crippen LogP contribution in [0.3, 0.4) is 0 Å². The van der Waals surface area contributed by atoms with Gasteiger partial charge >= 0.3 is 0 Å². The number of hydrogen-bond acceptors (Lipinski definition) is 2.